The molecule has 4 heteroatoms. The highest BCUT2D eigenvalue weighted by atomic mass is 16.3. The largest absolute Gasteiger partial charge is 0.507 e. The van der Waals surface area contributed by atoms with E-state index in [4.69, 9.17) is 22.8 Å². The molecule has 2 heterocycles. The van der Waals surface area contributed by atoms with E-state index in [1.807, 2.05) is 69.3 Å². The van der Waals surface area contributed by atoms with E-state index in [0.717, 1.165) is 39.1 Å². The molecule has 1 N–H and O–H groups in total. The summed E-state index contributed by atoms with van der Waals surface area (Å²) >= 11 is 0. The lowest BCUT2D eigenvalue weighted by Crippen LogP contribution is -2.17. The smallest absolute Gasteiger partial charge is 0.149 e. The van der Waals surface area contributed by atoms with Gasteiger partial charge in [0.1, 0.15) is 11.6 Å². The van der Waals surface area contributed by atoms with Crippen LogP contribution >= 0.6 is 0 Å². The highest BCUT2D eigenvalue weighted by Gasteiger charge is 2.30. The van der Waals surface area contributed by atoms with Crippen LogP contribution in [-0.2, 0) is 27.1 Å². The molecular formula is C62H69N3O. The Kier molecular flexibility index (Phi) is 7.56. The number of fused-ring (bicyclic) bond motifs is 1. The Hall–Kier alpha value is -6.26. The highest BCUT2D eigenvalue weighted by molar-refractivity contribution is 5.97. The molecule has 0 aliphatic carbocycles. The zero-order valence-electron chi connectivity index (χ0n) is 56.0. The van der Waals surface area contributed by atoms with Crippen molar-refractivity contribution in [1.82, 2.24) is 14.5 Å². The number of rotatable bonds is 6. The van der Waals surface area contributed by atoms with Crippen molar-refractivity contribution in [3.8, 4) is 67.5 Å². The summed E-state index contributed by atoms with van der Waals surface area (Å²) in [6, 6.07) is 25.7. The second-order valence-corrected chi connectivity index (χ2v) is 21.5. The molecule has 0 aliphatic rings. The summed E-state index contributed by atoms with van der Waals surface area (Å²) in [7, 11) is 0. The van der Waals surface area contributed by atoms with E-state index < -0.39 is 95.9 Å². The van der Waals surface area contributed by atoms with Crippen molar-refractivity contribution < 1.29 is 27.0 Å². The molecule has 0 radical (unpaired) electrons. The number of hydrogen-bond donors (Lipinski definition) is 1. The Morgan fingerprint density at radius 1 is 0.500 bits per heavy atom. The van der Waals surface area contributed by atoms with Crippen LogP contribution in [0.1, 0.15) is 153 Å². The van der Waals surface area contributed by atoms with Crippen LogP contribution in [-0.4, -0.2) is 19.6 Å². The third kappa shape index (κ3) is 9.12. The molecule has 0 unspecified atom stereocenters. The summed E-state index contributed by atoms with van der Waals surface area (Å²) in [5, 5.41) is 12.6. The van der Waals surface area contributed by atoms with Gasteiger partial charge in [-0.25, -0.2) is 4.98 Å². The number of aromatic nitrogens is 3. The lowest BCUT2D eigenvalue weighted by atomic mass is 9.78. The third-order valence-electron chi connectivity index (χ3n) is 12.1. The van der Waals surface area contributed by atoms with Crippen LogP contribution in [0.4, 0.5) is 0 Å². The van der Waals surface area contributed by atoms with Gasteiger partial charge in [0.15, 0.2) is 0 Å². The molecule has 0 fully saturated rings. The number of phenols is 1. The van der Waals surface area contributed by atoms with Crippen molar-refractivity contribution in [3.05, 3.63) is 167 Å². The summed E-state index contributed by atoms with van der Waals surface area (Å²) in [5.41, 5.74) is 1.15. The molecule has 0 bridgehead atoms. The van der Waals surface area contributed by atoms with Gasteiger partial charge in [0.2, 0.25) is 0 Å². The van der Waals surface area contributed by atoms with Gasteiger partial charge < -0.3 is 5.11 Å². The van der Waals surface area contributed by atoms with Gasteiger partial charge in [0, 0.05) is 40.9 Å². The molecule has 0 spiro atoms. The monoisotopic (exact) mass is 888 g/mol. The van der Waals surface area contributed by atoms with E-state index in [1.54, 1.807) is 12.1 Å². The van der Waals surface area contributed by atoms with E-state index >= 15 is 0 Å². The summed E-state index contributed by atoms with van der Waals surface area (Å²) in [5.74, 6) is 0.560. The van der Waals surface area contributed by atoms with E-state index in [1.165, 1.54) is 0 Å². The summed E-state index contributed by atoms with van der Waals surface area (Å²) in [4.78, 5) is 9.96. The van der Waals surface area contributed by atoms with Gasteiger partial charge >= 0.3 is 0 Å². The first-order valence-electron chi connectivity index (χ1n) is 30.3. The molecular weight excluding hydrogens is 803 g/mol. The molecule has 8 aromatic rings. The quantitative estimate of drug-likeness (QED) is 0.181. The molecule has 0 amide bonds. The number of pyridine rings is 1. The van der Waals surface area contributed by atoms with Gasteiger partial charge in [-0.15, -0.1) is 0 Å². The molecule has 0 atom stereocenters. The molecule has 0 saturated carbocycles. The van der Waals surface area contributed by atoms with Crippen LogP contribution in [0.3, 0.4) is 0 Å². The average molecular weight is 888 g/mol. The zero-order chi connectivity index (χ0) is 61.3. The fraction of sp³-hybridized carbons (Fsp3) is 0.323. The third-order valence-corrected chi connectivity index (χ3v) is 12.1. The molecule has 2 aromatic heterocycles. The number of para-hydroxylation sites is 1. The number of aromatic hydroxyl groups is 1. The fourth-order valence-electron chi connectivity index (χ4n) is 8.30. The van der Waals surface area contributed by atoms with Gasteiger partial charge in [0.25, 0.3) is 0 Å². The normalized spacial score (nSPS) is 16.9. The van der Waals surface area contributed by atoms with Crippen LogP contribution in [0.15, 0.2) is 139 Å². The van der Waals surface area contributed by atoms with Crippen LogP contribution in [0, 0.1) is 0 Å². The van der Waals surface area contributed by atoms with Crippen LogP contribution in [0.2, 0.25) is 0 Å². The molecule has 8 rings (SSSR count). The maximum Gasteiger partial charge on any atom is 0.149 e. The van der Waals surface area contributed by atoms with E-state index in [0.29, 0.717) is 33.5 Å². The van der Waals surface area contributed by atoms with Crippen molar-refractivity contribution in [2.75, 3.05) is 0 Å². The lowest BCUT2D eigenvalue weighted by Gasteiger charge is -2.28. The number of nitrogens with zero attached hydrogens (tertiary/aromatic N) is 3. The number of imidazole rings is 1. The first-order valence-corrected chi connectivity index (χ1v) is 22.3. The van der Waals surface area contributed by atoms with E-state index in [2.05, 4.69) is 108 Å². The molecule has 338 valence electrons. The Morgan fingerprint density at radius 2 is 1.15 bits per heavy atom. The van der Waals surface area contributed by atoms with Crippen molar-refractivity contribution in [2.45, 2.75) is 131 Å². The van der Waals surface area contributed by atoms with Crippen LogP contribution in [0.5, 0.6) is 5.75 Å². The standard InChI is InChI=1S/C62H69N3O/c1-58(2,3)44-26-24-39(25-27-44)41-30-31-63-53(35-41)43-32-42(33-45(34-43)59(4,5)6)49-22-19-23-54-55(49)64-57(50-36-46(60(7,8)9)37-52(56(50)66)62(13,14)15)65(54)47-28-29-48(40-20-17-16-18-21-40)51(38-47)61(10,11)12/h16-38,66H,1-15H3/i1D3,2D3,3D3,24D,25D,26D,27D,30D,31D,35D. The lowest BCUT2D eigenvalue weighted by molar-refractivity contribution is 0.446. The molecule has 0 saturated heterocycles. The van der Waals surface area contributed by atoms with Crippen molar-refractivity contribution >= 4 is 11.0 Å². The van der Waals surface area contributed by atoms with Crippen molar-refractivity contribution in [1.29, 1.82) is 0 Å². The topological polar surface area (TPSA) is 50.9 Å². The van der Waals surface area contributed by atoms with Gasteiger partial charge in [-0.2, -0.15) is 0 Å². The first-order chi connectivity index (χ1) is 37.5. The Bertz CT molecular complexity index is 3780. The predicted octanol–water partition coefficient (Wildman–Crippen LogP) is 16.9. The summed E-state index contributed by atoms with van der Waals surface area (Å²) in [6.45, 7) is 13.3. The van der Waals surface area contributed by atoms with Crippen LogP contribution in [0.25, 0.3) is 72.7 Å². The first kappa shape index (κ1) is 30.1. The fourth-order valence-corrected chi connectivity index (χ4v) is 8.30. The SMILES string of the molecule is [2H]c1nc(-c2cc(-c3cccc4c3nc(-c3cc(C(C)(C)C)cc(C(C)(C)C)c3O)n4-c3ccc(-c4ccccc4)c(C(C)(C)C)c3)cc(C(C)(C)C)c2)c([2H])c(-c2c([2H])c([2H])c(C(C([2H])([2H])[2H])(C([2H])([2H])[2H])C([2H])([2H])[2H])c([2H])c2[2H])c1[2H]. The number of benzene rings is 6. The van der Waals surface area contributed by atoms with Crippen LogP contribution < -0.4 is 0 Å². The maximum absolute atomic E-state index is 12.6. The molecule has 6 aromatic carbocycles. The van der Waals surface area contributed by atoms with E-state index in [9.17, 15) is 9.22 Å². The van der Waals surface area contributed by atoms with Gasteiger partial charge in [-0.05, 0) is 126 Å². The van der Waals surface area contributed by atoms with E-state index in [-0.39, 0.29) is 27.8 Å². The summed E-state index contributed by atoms with van der Waals surface area (Å²) in [6.07, 6.45) is -0.725. The maximum atomic E-state index is 12.6. The minimum Gasteiger partial charge on any atom is -0.507 e. The number of hydrogen-bond acceptors (Lipinski definition) is 3. The Balaban J connectivity index is 1.45. The number of phenolic OH excluding ortho intramolecular Hbond substituents is 1. The van der Waals surface area contributed by atoms with Crippen molar-refractivity contribution in [3.63, 3.8) is 0 Å². The average Bonchev–Trinajstić information content (AvgIpc) is 0.825. The van der Waals surface area contributed by atoms with Crippen molar-refractivity contribution in [2.24, 2.45) is 0 Å². The highest BCUT2D eigenvalue weighted by Crippen LogP contribution is 2.46. The van der Waals surface area contributed by atoms with Gasteiger partial charge in [-0.1, -0.05) is 188 Å². The molecule has 4 nitrogen and oxygen atoms in total. The Labute approximate surface area is 417 Å². The van der Waals surface area contributed by atoms with Gasteiger partial charge in [-0.3, -0.25) is 9.55 Å². The minimum atomic E-state index is -3.92. The van der Waals surface area contributed by atoms with Gasteiger partial charge in [0.05, 0.1) is 31.9 Å². The predicted molar refractivity (Wildman–Crippen MR) is 281 cm³/mol. The Morgan fingerprint density at radius 3 is 1.79 bits per heavy atom. The summed E-state index contributed by atoms with van der Waals surface area (Å²) < 4.78 is 141. The minimum absolute atomic E-state index is 0.0870. The second-order valence-electron chi connectivity index (χ2n) is 21.5. The molecule has 66 heavy (non-hydrogen) atoms. The second kappa shape index (κ2) is 16.6. The zero-order valence-corrected chi connectivity index (χ0v) is 40.0. The molecule has 0 aliphatic heterocycles.